The summed E-state index contributed by atoms with van der Waals surface area (Å²) in [5.41, 5.74) is 4.58. The van der Waals surface area contributed by atoms with E-state index in [1.165, 1.54) is 31.3 Å². The van der Waals surface area contributed by atoms with Crippen molar-refractivity contribution in [1.82, 2.24) is 10.3 Å². The molecule has 0 spiro atoms. The Labute approximate surface area is 179 Å². The van der Waals surface area contributed by atoms with E-state index in [1.807, 2.05) is 7.05 Å². The zero-order valence-corrected chi connectivity index (χ0v) is 17.4. The Bertz CT molecular complexity index is 1010. The van der Waals surface area contributed by atoms with Gasteiger partial charge < -0.3 is 15.1 Å². The minimum absolute atomic E-state index is 0.0475. The molecule has 0 aromatic heterocycles. The highest BCUT2D eigenvalue weighted by Gasteiger charge is 2.19. The lowest BCUT2D eigenvalue weighted by Gasteiger charge is -2.34. The Morgan fingerprint density at radius 3 is 2.55 bits per heavy atom. The van der Waals surface area contributed by atoms with Crippen LogP contribution >= 0.6 is 0 Å². The fraction of sp³-hybridized carbons (Fsp3) is 0.286. The monoisotopic (exact) mass is 424 g/mol. The predicted molar refractivity (Wildman–Crippen MR) is 119 cm³/mol. The second-order valence-electron chi connectivity index (χ2n) is 7.25. The van der Waals surface area contributed by atoms with Gasteiger partial charge in [0.2, 0.25) is 5.91 Å². The SMILES string of the molecule is CC(=O)Nc1cccc(C(=O)N/N=C/c2cc([N+](=O)[O-])ccc2N2CCN(C)CC2)c1. The van der Waals surface area contributed by atoms with Gasteiger partial charge in [-0.3, -0.25) is 19.7 Å². The van der Waals surface area contributed by atoms with Gasteiger partial charge >= 0.3 is 0 Å². The van der Waals surface area contributed by atoms with Crippen LogP contribution in [0.5, 0.6) is 0 Å². The summed E-state index contributed by atoms with van der Waals surface area (Å²) in [5.74, 6) is -0.701. The Morgan fingerprint density at radius 1 is 1.13 bits per heavy atom. The zero-order chi connectivity index (χ0) is 22.4. The number of hydrazone groups is 1. The van der Waals surface area contributed by atoms with Gasteiger partial charge in [-0.1, -0.05) is 6.07 Å². The average molecular weight is 424 g/mol. The lowest BCUT2D eigenvalue weighted by atomic mass is 10.1. The van der Waals surface area contributed by atoms with Crippen LogP contribution in [0.4, 0.5) is 17.1 Å². The highest BCUT2D eigenvalue weighted by molar-refractivity contribution is 5.97. The molecule has 0 unspecified atom stereocenters. The molecule has 3 rings (SSSR count). The van der Waals surface area contributed by atoms with Crippen LogP contribution in [-0.4, -0.2) is 61.1 Å². The second-order valence-corrected chi connectivity index (χ2v) is 7.25. The van der Waals surface area contributed by atoms with Crippen molar-refractivity contribution in [2.75, 3.05) is 43.4 Å². The number of nitrogens with one attached hydrogen (secondary N) is 2. The summed E-state index contributed by atoms with van der Waals surface area (Å²) < 4.78 is 0. The third-order valence-corrected chi connectivity index (χ3v) is 4.88. The molecular formula is C21H24N6O4. The fourth-order valence-electron chi connectivity index (χ4n) is 3.26. The molecule has 2 N–H and O–H groups in total. The maximum atomic E-state index is 12.4. The van der Waals surface area contributed by atoms with Gasteiger partial charge in [0.1, 0.15) is 0 Å². The van der Waals surface area contributed by atoms with E-state index in [1.54, 1.807) is 24.3 Å². The molecule has 10 nitrogen and oxygen atoms in total. The summed E-state index contributed by atoms with van der Waals surface area (Å²) in [7, 11) is 2.05. The minimum atomic E-state index is -0.463. The van der Waals surface area contributed by atoms with Crippen molar-refractivity contribution < 1.29 is 14.5 Å². The maximum Gasteiger partial charge on any atom is 0.271 e. The summed E-state index contributed by atoms with van der Waals surface area (Å²) in [6, 6.07) is 11.1. The normalized spacial score (nSPS) is 14.5. The number of non-ortho nitro benzene ring substituents is 1. The summed E-state index contributed by atoms with van der Waals surface area (Å²) in [4.78, 5) is 38.7. The number of hydrogen-bond donors (Lipinski definition) is 2. The van der Waals surface area contributed by atoms with Gasteiger partial charge in [0.25, 0.3) is 11.6 Å². The van der Waals surface area contributed by atoms with Crippen LogP contribution < -0.4 is 15.6 Å². The van der Waals surface area contributed by atoms with Crippen LogP contribution in [0.3, 0.4) is 0 Å². The third-order valence-electron chi connectivity index (χ3n) is 4.88. The molecule has 1 saturated heterocycles. The van der Waals surface area contributed by atoms with Crippen LogP contribution in [0.1, 0.15) is 22.8 Å². The van der Waals surface area contributed by atoms with Gasteiger partial charge in [-0.25, -0.2) is 5.43 Å². The van der Waals surface area contributed by atoms with Gasteiger partial charge in [0, 0.05) is 67.7 Å². The standard InChI is InChI=1S/C21H24N6O4/c1-15(28)23-18-5-3-4-16(12-18)21(29)24-22-14-17-13-19(27(30)31)6-7-20(17)26-10-8-25(2)9-11-26/h3-7,12-14H,8-11H2,1-2H3,(H,23,28)(H,24,29)/b22-14+. The number of piperazine rings is 1. The molecule has 31 heavy (non-hydrogen) atoms. The van der Waals surface area contributed by atoms with E-state index in [-0.39, 0.29) is 11.6 Å². The van der Waals surface area contributed by atoms with E-state index in [0.717, 1.165) is 31.9 Å². The molecule has 162 valence electrons. The lowest BCUT2D eigenvalue weighted by Crippen LogP contribution is -2.44. The molecule has 1 fully saturated rings. The number of benzene rings is 2. The van der Waals surface area contributed by atoms with E-state index in [2.05, 4.69) is 25.6 Å². The Morgan fingerprint density at radius 2 is 1.87 bits per heavy atom. The summed E-state index contributed by atoms with van der Waals surface area (Å²) in [5, 5.41) is 17.8. The Hall–Kier alpha value is -3.79. The number of carbonyl (C=O) groups excluding carboxylic acids is 2. The molecule has 0 saturated carbocycles. The number of likely N-dealkylation sites (N-methyl/N-ethyl adjacent to an activating group) is 1. The second kappa shape index (κ2) is 9.81. The number of nitrogens with zero attached hydrogens (tertiary/aromatic N) is 4. The van der Waals surface area contributed by atoms with Crippen LogP contribution in [0.2, 0.25) is 0 Å². The van der Waals surface area contributed by atoms with E-state index in [4.69, 9.17) is 0 Å². The van der Waals surface area contributed by atoms with Crippen molar-refractivity contribution in [2.45, 2.75) is 6.92 Å². The first-order valence-electron chi connectivity index (χ1n) is 9.76. The lowest BCUT2D eigenvalue weighted by molar-refractivity contribution is -0.384. The quantitative estimate of drug-likeness (QED) is 0.416. The van der Waals surface area contributed by atoms with Crippen molar-refractivity contribution in [3.63, 3.8) is 0 Å². The molecule has 2 aromatic carbocycles. The molecule has 1 heterocycles. The van der Waals surface area contributed by atoms with Crippen LogP contribution in [0.25, 0.3) is 0 Å². The van der Waals surface area contributed by atoms with Crippen LogP contribution in [0, 0.1) is 10.1 Å². The van der Waals surface area contributed by atoms with Gasteiger partial charge in [-0.2, -0.15) is 5.10 Å². The predicted octanol–water partition coefficient (Wildman–Crippen LogP) is 2.07. The van der Waals surface area contributed by atoms with Crippen LogP contribution in [-0.2, 0) is 4.79 Å². The topological polar surface area (TPSA) is 120 Å². The largest absolute Gasteiger partial charge is 0.368 e. The van der Waals surface area contributed by atoms with E-state index < -0.39 is 10.8 Å². The number of anilines is 2. The number of nitro groups is 1. The maximum absolute atomic E-state index is 12.4. The molecular weight excluding hydrogens is 400 g/mol. The Balaban J connectivity index is 1.77. The summed E-state index contributed by atoms with van der Waals surface area (Å²) >= 11 is 0. The molecule has 0 bridgehead atoms. The minimum Gasteiger partial charge on any atom is -0.368 e. The third kappa shape index (κ3) is 5.86. The van der Waals surface area contributed by atoms with Gasteiger partial charge in [-0.15, -0.1) is 0 Å². The van der Waals surface area contributed by atoms with Crippen molar-refractivity contribution in [3.8, 4) is 0 Å². The van der Waals surface area contributed by atoms with Crippen molar-refractivity contribution >= 4 is 35.1 Å². The number of hydrogen-bond acceptors (Lipinski definition) is 7. The smallest absolute Gasteiger partial charge is 0.271 e. The van der Waals surface area contributed by atoms with E-state index in [0.29, 0.717) is 16.8 Å². The molecule has 10 heteroatoms. The molecule has 0 atom stereocenters. The number of amides is 2. The van der Waals surface area contributed by atoms with Crippen LogP contribution in [0.15, 0.2) is 47.6 Å². The molecule has 2 aromatic rings. The first-order chi connectivity index (χ1) is 14.8. The molecule has 1 aliphatic heterocycles. The fourth-order valence-corrected chi connectivity index (χ4v) is 3.26. The van der Waals surface area contributed by atoms with Crippen molar-refractivity contribution in [1.29, 1.82) is 0 Å². The Kier molecular flexibility index (Phi) is 6.93. The van der Waals surface area contributed by atoms with Crippen molar-refractivity contribution in [2.24, 2.45) is 5.10 Å². The highest BCUT2D eigenvalue weighted by Crippen LogP contribution is 2.25. The molecule has 0 radical (unpaired) electrons. The average Bonchev–Trinajstić information content (AvgIpc) is 2.74. The number of nitro benzene ring substituents is 1. The first-order valence-corrected chi connectivity index (χ1v) is 9.76. The first kappa shape index (κ1) is 21.9. The molecule has 0 aliphatic carbocycles. The summed E-state index contributed by atoms with van der Waals surface area (Å²) in [6.45, 7) is 4.73. The highest BCUT2D eigenvalue weighted by atomic mass is 16.6. The van der Waals surface area contributed by atoms with Gasteiger partial charge in [0.05, 0.1) is 11.1 Å². The van der Waals surface area contributed by atoms with Gasteiger partial charge in [0.15, 0.2) is 0 Å². The molecule has 2 amide bonds. The van der Waals surface area contributed by atoms with Gasteiger partial charge in [-0.05, 0) is 31.3 Å². The van der Waals surface area contributed by atoms with Crippen molar-refractivity contribution in [3.05, 3.63) is 63.7 Å². The number of carbonyl (C=O) groups is 2. The summed E-state index contributed by atoms with van der Waals surface area (Å²) in [6.07, 6.45) is 1.41. The van der Waals surface area contributed by atoms with E-state index >= 15 is 0 Å². The van der Waals surface area contributed by atoms with E-state index in [9.17, 15) is 19.7 Å². The molecule has 1 aliphatic rings. The zero-order valence-electron chi connectivity index (χ0n) is 17.4. The number of rotatable bonds is 6.